The Morgan fingerprint density at radius 2 is 2.05 bits per heavy atom. The van der Waals surface area contributed by atoms with Crippen LogP contribution in [0, 0.1) is 11.7 Å². The molecule has 0 aliphatic heterocycles. The van der Waals surface area contributed by atoms with Gasteiger partial charge in [-0.05, 0) is 30.7 Å². The van der Waals surface area contributed by atoms with E-state index in [0.29, 0.717) is 18.7 Å². The zero-order valence-electron chi connectivity index (χ0n) is 12.5. The van der Waals surface area contributed by atoms with Gasteiger partial charge in [-0.3, -0.25) is 0 Å². The standard InChI is InChI=1S/C14H23FN2O2S/c1-5-11(2)10-17(4)20(18,19)14-8-13(15)7-6-12(14)9-16-3/h6-8,11,16H,5,9-10H2,1-4H3. The Kier molecular flexibility index (Phi) is 6.10. The van der Waals surface area contributed by atoms with Gasteiger partial charge in [0.05, 0.1) is 4.90 Å². The Labute approximate surface area is 121 Å². The van der Waals surface area contributed by atoms with E-state index in [-0.39, 0.29) is 10.8 Å². The zero-order chi connectivity index (χ0) is 15.3. The molecule has 0 saturated heterocycles. The molecule has 1 N–H and O–H groups in total. The Balaban J connectivity index is 3.16. The van der Waals surface area contributed by atoms with Crippen molar-refractivity contribution in [2.75, 3.05) is 20.6 Å². The second-order valence-electron chi connectivity index (χ2n) is 5.08. The second-order valence-corrected chi connectivity index (χ2v) is 7.09. The molecule has 1 atom stereocenters. The zero-order valence-corrected chi connectivity index (χ0v) is 13.3. The quantitative estimate of drug-likeness (QED) is 0.840. The highest BCUT2D eigenvalue weighted by molar-refractivity contribution is 7.89. The van der Waals surface area contributed by atoms with Crippen LogP contribution in [0.3, 0.4) is 0 Å². The molecule has 0 radical (unpaired) electrons. The first-order chi connectivity index (χ1) is 9.32. The van der Waals surface area contributed by atoms with Crippen LogP contribution < -0.4 is 5.32 Å². The van der Waals surface area contributed by atoms with E-state index < -0.39 is 15.8 Å². The molecule has 0 bridgehead atoms. The van der Waals surface area contributed by atoms with Crippen LogP contribution in [0.4, 0.5) is 4.39 Å². The highest BCUT2D eigenvalue weighted by Crippen LogP contribution is 2.22. The maximum atomic E-state index is 13.4. The maximum absolute atomic E-state index is 13.4. The van der Waals surface area contributed by atoms with Crippen molar-refractivity contribution in [2.24, 2.45) is 5.92 Å². The summed E-state index contributed by atoms with van der Waals surface area (Å²) < 4.78 is 39.8. The summed E-state index contributed by atoms with van der Waals surface area (Å²) >= 11 is 0. The minimum absolute atomic E-state index is 0.0395. The first-order valence-corrected chi connectivity index (χ1v) is 8.16. The molecule has 4 nitrogen and oxygen atoms in total. The predicted octanol–water partition coefficient (Wildman–Crippen LogP) is 2.21. The number of sulfonamides is 1. The number of rotatable bonds is 7. The molecule has 20 heavy (non-hydrogen) atoms. The number of halogens is 1. The van der Waals surface area contributed by atoms with E-state index in [2.05, 4.69) is 5.32 Å². The molecule has 0 aliphatic carbocycles. The van der Waals surface area contributed by atoms with Gasteiger partial charge in [-0.15, -0.1) is 0 Å². The van der Waals surface area contributed by atoms with Gasteiger partial charge in [0.15, 0.2) is 0 Å². The van der Waals surface area contributed by atoms with Gasteiger partial charge >= 0.3 is 0 Å². The average Bonchev–Trinajstić information content (AvgIpc) is 2.40. The fourth-order valence-electron chi connectivity index (χ4n) is 1.94. The monoisotopic (exact) mass is 302 g/mol. The molecule has 0 fully saturated rings. The van der Waals surface area contributed by atoms with Crippen LogP contribution in [0.5, 0.6) is 0 Å². The van der Waals surface area contributed by atoms with E-state index in [1.165, 1.54) is 23.5 Å². The number of hydrogen-bond donors (Lipinski definition) is 1. The van der Waals surface area contributed by atoms with E-state index in [4.69, 9.17) is 0 Å². The lowest BCUT2D eigenvalue weighted by atomic mass is 10.1. The summed E-state index contributed by atoms with van der Waals surface area (Å²) in [7, 11) is -0.404. The van der Waals surface area contributed by atoms with E-state index in [1.807, 2.05) is 13.8 Å². The Bertz CT molecular complexity index is 546. The van der Waals surface area contributed by atoms with E-state index in [0.717, 1.165) is 12.5 Å². The van der Waals surface area contributed by atoms with Gasteiger partial charge in [0.1, 0.15) is 5.82 Å². The molecule has 1 aromatic carbocycles. The summed E-state index contributed by atoms with van der Waals surface area (Å²) in [6, 6.07) is 3.88. The lowest BCUT2D eigenvalue weighted by Crippen LogP contribution is -2.32. The highest BCUT2D eigenvalue weighted by Gasteiger charge is 2.25. The Morgan fingerprint density at radius 1 is 1.40 bits per heavy atom. The number of benzene rings is 1. The molecule has 1 unspecified atom stereocenters. The highest BCUT2D eigenvalue weighted by atomic mass is 32.2. The van der Waals surface area contributed by atoms with Crippen molar-refractivity contribution in [1.29, 1.82) is 0 Å². The van der Waals surface area contributed by atoms with Crippen molar-refractivity contribution < 1.29 is 12.8 Å². The molecule has 0 aromatic heterocycles. The Morgan fingerprint density at radius 3 is 2.60 bits per heavy atom. The minimum atomic E-state index is -3.67. The van der Waals surface area contributed by atoms with E-state index in [9.17, 15) is 12.8 Å². The normalized spacial score (nSPS) is 13.7. The van der Waals surface area contributed by atoms with Crippen LogP contribution in [-0.4, -0.2) is 33.4 Å². The molecular weight excluding hydrogens is 279 g/mol. The van der Waals surface area contributed by atoms with Gasteiger partial charge in [0, 0.05) is 20.1 Å². The van der Waals surface area contributed by atoms with Gasteiger partial charge in [0.25, 0.3) is 0 Å². The topological polar surface area (TPSA) is 49.4 Å². The van der Waals surface area contributed by atoms with Crippen molar-refractivity contribution in [3.8, 4) is 0 Å². The van der Waals surface area contributed by atoms with Crippen molar-refractivity contribution >= 4 is 10.0 Å². The lowest BCUT2D eigenvalue weighted by Gasteiger charge is -2.22. The van der Waals surface area contributed by atoms with Crippen LogP contribution in [0.15, 0.2) is 23.1 Å². The van der Waals surface area contributed by atoms with E-state index in [1.54, 1.807) is 7.05 Å². The van der Waals surface area contributed by atoms with Crippen LogP contribution >= 0.6 is 0 Å². The van der Waals surface area contributed by atoms with Crippen molar-refractivity contribution in [3.05, 3.63) is 29.6 Å². The van der Waals surface area contributed by atoms with Crippen molar-refractivity contribution in [1.82, 2.24) is 9.62 Å². The van der Waals surface area contributed by atoms with Gasteiger partial charge in [-0.2, -0.15) is 0 Å². The van der Waals surface area contributed by atoms with E-state index >= 15 is 0 Å². The molecule has 0 amide bonds. The Hall–Kier alpha value is -0.980. The minimum Gasteiger partial charge on any atom is -0.316 e. The largest absolute Gasteiger partial charge is 0.316 e. The number of hydrogen-bond acceptors (Lipinski definition) is 3. The summed E-state index contributed by atoms with van der Waals surface area (Å²) in [5, 5.41) is 2.90. The summed E-state index contributed by atoms with van der Waals surface area (Å²) in [5.41, 5.74) is 0.574. The van der Waals surface area contributed by atoms with Gasteiger partial charge in [0.2, 0.25) is 10.0 Å². The summed E-state index contributed by atoms with van der Waals surface area (Å²) in [4.78, 5) is 0.0395. The molecule has 1 rings (SSSR count). The van der Waals surface area contributed by atoms with Gasteiger partial charge in [-0.25, -0.2) is 17.1 Å². The van der Waals surface area contributed by atoms with Crippen LogP contribution in [0.1, 0.15) is 25.8 Å². The van der Waals surface area contributed by atoms with Crippen molar-refractivity contribution in [3.63, 3.8) is 0 Å². The third-order valence-corrected chi connectivity index (χ3v) is 5.26. The van der Waals surface area contributed by atoms with Crippen molar-refractivity contribution in [2.45, 2.75) is 31.7 Å². The van der Waals surface area contributed by atoms with Crippen LogP contribution in [-0.2, 0) is 16.6 Å². The summed E-state index contributed by atoms with van der Waals surface area (Å²) in [6.45, 7) is 4.81. The molecule has 0 saturated carbocycles. The molecular formula is C14H23FN2O2S. The maximum Gasteiger partial charge on any atom is 0.243 e. The molecule has 0 spiro atoms. The average molecular weight is 302 g/mol. The summed E-state index contributed by atoms with van der Waals surface area (Å²) in [5.74, 6) is -0.281. The van der Waals surface area contributed by atoms with Gasteiger partial charge in [-0.1, -0.05) is 26.3 Å². The first kappa shape index (κ1) is 17.1. The number of nitrogens with zero attached hydrogens (tertiary/aromatic N) is 1. The molecule has 0 aliphatic rings. The van der Waals surface area contributed by atoms with Crippen LogP contribution in [0.2, 0.25) is 0 Å². The third kappa shape index (κ3) is 4.01. The fraction of sp³-hybridized carbons (Fsp3) is 0.571. The molecule has 1 aromatic rings. The fourth-order valence-corrected chi connectivity index (χ4v) is 3.46. The summed E-state index contributed by atoms with van der Waals surface area (Å²) in [6.07, 6.45) is 0.895. The first-order valence-electron chi connectivity index (χ1n) is 6.72. The predicted molar refractivity (Wildman–Crippen MR) is 78.4 cm³/mol. The number of nitrogens with one attached hydrogen (secondary N) is 1. The SMILES string of the molecule is CCC(C)CN(C)S(=O)(=O)c1cc(F)ccc1CNC. The third-order valence-electron chi connectivity index (χ3n) is 3.35. The van der Waals surface area contributed by atoms with Gasteiger partial charge < -0.3 is 5.32 Å². The lowest BCUT2D eigenvalue weighted by molar-refractivity contribution is 0.393. The molecule has 6 heteroatoms. The smallest absolute Gasteiger partial charge is 0.243 e. The molecule has 114 valence electrons. The second kappa shape index (κ2) is 7.15. The van der Waals surface area contributed by atoms with Crippen LogP contribution in [0.25, 0.3) is 0 Å². The molecule has 0 heterocycles.